The number of hydrogen-bond acceptors (Lipinski definition) is 6. The minimum Gasteiger partial charge on any atom is -0.361 e. The van der Waals surface area contributed by atoms with Crippen molar-refractivity contribution >= 4 is 27.5 Å². The molecule has 0 spiro atoms. The van der Waals surface area contributed by atoms with E-state index in [0.29, 0.717) is 35.6 Å². The summed E-state index contributed by atoms with van der Waals surface area (Å²) in [6.07, 6.45) is 1.38. The summed E-state index contributed by atoms with van der Waals surface area (Å²) in [6.45, 7) is 4.14. The van der Waals surface area contributed by atoms with Gasteiger partial charge in [0.25, 0.3) is 11.5 Å². The second-order valence-corrected chi connectivity index (χ2v) is 5.70. The van der Waals surface area contributed by atoms with Crippen LogP contribution in [0.2, 0.25) is 0 Å². The third kappa shape index (κ3) is 2.52. The first-order valence-electron chi connectivity index (χ1n) is 6.72. The van der Waals surface area contributed by atoms with Crippen molar-refractivity contribution in [2.45, 2.75) is 20.4 Å². The van der Waals surface area contributed by atoms with E-state index in [1.165, 1.54) is 17.5 Å². The van der Waals surface area contributed by atoms with Gasteiger partial charge in [-0.05, 0) is 25.3 Å². The van der Waals surface area contributed by atoms with E-state index in [9.17, 15) is 9.59 Å². The molecule has 3 aromatic heterocycles. The van der Waals surface area contributed by atoms with Gasteiger partial charge in [-0.1, -0.05) is 5.16 Å². The minimum absolute atomic E-state index is 0.0841. The van der Waals surface area contributed by atoms with Crippen LogP contribution in [0.15, 0.2) is 27.0 Å². The van der Waals surface area contributed by atoms with E-state index in [0.717, 1.165) is 4.83 Å². The molecule has 114 valence electrons. The van der Waals surface area contributed by atoms with Crippen LogP contribution in [-0.2, 0) is 6.54 Å². The lowest BCUT2D eigenvalue weighted by Gasteiger charge is -2.10. The lowest BCUT2D eigenvalue weighted by molar-refractivity contribution is 0.0950. The molecular weight excluding hydrogens is 304 g/mol. The maximum absolute atomic E-state index is 12.4. The van der Waals surface area contributed by atoms with Crippen LogP contribution in [-0.4, -0.2) is 27.2 Å². The van der Waals surface area contributed by atoms with Crippen molar-refractivity contribution in [3.8, 4) is 0 Å². The Morgan fingerprint density at radius 2 is 2.27 bits per heavy atom. The molecule has 1 N–H and O–H groups in total. The number of nitrogens with one attached hydrogen (secondary N) is 1. The first kappa shape index (κ1) is 14.5. The summed E-state index contributed by atoms with van der Waals surface area (Å²) >= 11 is 1.44. The van der Waals surface area contributed by atoms with Crippen LogP contribution in [0.3, 0.4) is 0 Å². The summed E-state index contributed by atoms with van der Waals surface area (Å²) in [5, 5.41) is 8.77. The molecule has 0 saturated heterocycles. The molecule has 0 fully saturated rings. The van der Waals surface area contributed by atoms with Gasteiger partial charge in [0.05, 0.1) is 11.6 Å². The topological polar surface area (TPSA) is 90.0 Å². The van der Waals surface area contributed by atoms with Crippen LogP contribution in [0, 0.1) is 13.8 Å². The second-order valence-electron chi connectivity index (χ2n) is 4.81. The number of nitrogens with zero attached hydrogens (tertiary/aromatic N) is 3. The Morgan fingerprint density at radius 1 is 1.45 bits per heavy atom. The fourth-order valence-corrected chi connectivity index (χ4v) is 3.01. The number of carbonyl (C=O) groups excluding carboxylic acids is 1. The van der Waals surface area contributed by atoms with Gasteiger partial charge in [0.15, 0.2) is 0 Å². The monoisotopic (exact) mass is 318 g/mol. The predicted molar refractivity (Wildman–Crippen MR) is 82.2 cm³/mol. The van der Waals surface area contributed by atoms with Gasteiger partial charge in [-0.3, -0.25) is 14.2 Å². The standard InChI is InChI=1S/C14H14N4O3S/c1-8-11(7-16-21-8)12(19)15-4-5-18-9(2)17-13-10(14(18)20)3-6-22-13/h3,6-7H,4-5H2,1-2H3,(H,15,19). The molecule has 0 aliphatic rings. The van der Waals surface area contributed by atoms with Crippen molar-refractivity contribution in [3.05, 3.63) is 45.1 Å². The molecule has 0 saturated carbocycles. The molecular formula is C14H14N4O3S. The van der Waals surface area contributed by atoms with Crippen molar-refractivity contribution in [1.29, 1.82) is 0 Å². The number of thiophene rings is 1. The number of rotatable bonds is 4. The van der Waals surface area contributed by atoms with Gasteiger partial charge in [0.1, 0.15) is 22.0 Å². The average molecular weight is 318 g/mol. The zero-order chi connectivity index (χ0) is 15.7. The molecule has 0 aliphatic heterocycles. The van der Waals surface area contributed by atoms with Gasteiger partial charge >= 0.3 is 0 Å². The van der Waals surface area contributed by atoms with E-state index in [-0.39, 0.29) is 11.5 Å². The molecule has 0 unspecified atom stereocenters. The Balaban J connectivity index is 1.73. The van der Waals surface area contributed by atoms with Gasteiger partial charge in [-0.25, -0.2) is 4.98 Å². The maximum Gasteiger partial charge on any atom is 0.262 e. The Hall–Kier alpha value is -2.48. The van der Waals surface area contributed by atoms with E-state index in [4.69, 9.17) is 4.52 Å². The first-order chi connectivity index (χ1) is 10.6. The van der Waals surface area contributed by atoms with E-state index < -0.39 is 0 Å². The minimum atomic E-state index is -0.269. The zero-order valence-electron chi connectivity index (χ0n) is 12.1. The highest BCUT2D eigenvalue weighted by molar-refractivity contribution is 7.16. The third-order valence-electron chi connectivity index (χ3n) is 3.39. The summed E-state index contributed by atoms with van der Waals surface area (Å²) in [5.74, 6) is 0.830. The van der Waals surface area contributed by atoms with Gasteiger partial charge in [-0.15, -0.1) is 11.3 Å². The number of carbonyl (C=O) groups is 1. The van der Waals surface area contributed by atoms with Crippen LogP contribution in [0.25, 0.3) is 10.2 Å². The van der Waals surface area contributed by atoms with Crippen molar-refractivity contribution in [3.63, 3.8) is 0 Å². The van der Waals surface area contributed by atoms with E-state index in [1.54, 1.807) is 24.5 Å². The average Bonchev–Trinajstić information content (AvgIpc) is 3.10. The smallest absolute Gasteiger partial charge is 0.262 e. The Bertz CT molecular complexity index is 893. The van der Waals surface area contributed by atoms with Crippen LogP contribution in [0.4, 0.5) is 0 Å². The molecule has 8 heteroatoms. The van der Waals surface area contributed by atoms with Crippen molar-refractivity contribution in [2.75, 3.05) is 6.54 Å². The summed E-state index contributed by atoms with van der Waals surface area (Å²) in [4.78, 5) is 29.4. The highest BCUT2D eigenvalue weighted by Gasteiger charge is 2.13. The summed E-state index contributed by atoms with van der Waals surface area (Å²) in [7, 11) is 0. The largest absolute Gasteiger partial charge is 0.361 e. The quantitative estimate of drug-likeness (QED) is 0.787. The molecule has 0 atom stereocenters. The van der Waals surface area contributed by atoms with Crippen LogP contribution < -0.4 is 10.9 Å². The number of amides is 1. The lowest BCUT2D eigenvalue weighted by Crippen LogP contribution is -2.32. The molecule has 22 heavy (non-hydrogen) atoms. The zero-order valence-corrected chi connectivity index (χ0v) is 12.9. The van der Waals surface area contributed by atoms with E-state index in [2.05, 4.69) is 15.5 Å². The van der Waals surface area contributed by atoms with E-state index in [1.807, 2.05) is 5.38 Å². The Labute approximate surface area is 129 Å². The summed E-state index contributed by atoms with van der Waals surface area (Å²) < 4.78 is 6.42. The number of aryl methyl sites for hydroxylation is 2. The first-order valence-corrected chi connectivity index (χ1v) is 7.60. The molecule has 0 aromatic carbocycles. The predicted octanol–water partition coefficient (Wildman–Crippen LogP) is 1.49. The third-order valence-corrected chi connectivity index (χ3v) is 4.20. The van der Waals surface area contributed by atoms with Crippen molar-refractivity contribution in [1.82, 2.24) is 20.0 Å². The molecule has 3 rings (SSSR count). The van der Waals surface area contributed by atoms with Crippen LogP contribution in [0.5, 0.6) is 0 Å². The SMILES string of the molecule is Cc1oncc1C(=O)NCCn1c(C)nc2sccc2c1=O. The van der Waals surface area contributed by atoms with Gasteiger partial charge in [-0.2, -0.15) is 0 Å². The van der Waals surface area contributed by atoms with Crippen LogP contribution in [0.1, 0.15) is 21.9 Å². The summed E-state index contributed by atoms with van der Waals surface area (Å²) in [5.41, 5.74) is 0.314. The van der Waals surface area contributed by atoms with E-state index >= 15 is 0 Å². The fraction of sp³-hybridized carbons (Fsp3) is 0.286. The lowest BCUT2D eigenvalue weighted by atomic mass is 10.2. The molecule has 0 aliphatic carbocycles. The fourth-order valence-electron chi connectivity index (χ4n) is 2.21. The molecule has 0 radical (unpaired) electrons. The molecule has 0 bridgehead atoms. The Kier molecular flexibility index (Phi) is 3.76. The molecule has 7 nitrogen and oxygen atoms in total. The van der Waals surface area contributed by atoms with Gasteiger partial charge < -0.3 is 9.84 Å². The number of fused-ring (bicyclic) bond motifs is 1. The Morgan fingerprint density at radius 3 is 3.00 bits per heavy atom. The number of aromatic nitrogens is 3. The molecule has 3 aromatic rings. The highest BCUT2D eigenvalue weighted by Crippen LogP contribution is 2.14. The normalized spacial score (nSPS) is 11.0. The summed E-state index contributed by atoms with van der Waals surface area (Å²) in [6, 6.07) is 1.77. The van der Waals surface area contributed by atoms with Crippen molar-refractivity contribution in [2.24, 2.45) is 0 Å². The van der Waals surface area contributed by atoms with Crippen LogP contribution >= 0.6 is 11.3 Å². The van der Waals surface area contributed by atoms with Crippen molar-refractivity contribution < 1.29 is 9.32 Å². The van der Waals surface area contributed by atoms with Gasteiger partial charge in [0.2, 0.25) is 0 Å². The molecule has 3 heterocycles. The number of hydrogen-bond donors (Lipinski definition) is 1. The van der Waals surface area contributed by atoms with Gasteiger partial charge in [0, 0.05) is 13.1 Å². The molecule has 1 amide bonds. The highest BCUT2D eigenvalue weighted by atomic mass is 32.1. The second kappa shape index (κ2) is 5.72. The maximum atomic E-state index is 12.4.